The number of aryl methyl sites for hydroxylation is 2. The first-order chi connectivity index (χ1) is 16.3. The highest BCUT2D eigenvalue weighted by molar-refractivity contribution is 8.12. The molecule has 2 heterocycles. The number of hydrogen-bond donors (Lipinski definition) is 2. The molecule has 7 heteroatoms. The van der Waals surface area contributed by atoms with Crippen molar-refractivity contribution in [2.45, 2.75) is 77.7 Å². The minimum Gasteiger partial charge on any atom is -0.478 e. The molecular weight excluding hydrogens is 446 g/mol. The van der Waals surface area contributed by atoms with Crippen molar-refractivity contribution in [2.75, 3.05) is 18.8 Å². The van der Waals surface area contributed by atoms with Crippen molar-refractivity contribution >= 4 is 33.7 Å². The van der Waals surface area contributed by atoms with Crippen LogP contribution < -0.4 is 5.32 Å². The van der Waals surface area contributed by atoms with Crippen LogP contribution in [0.5, 0.6) is 0 Å². The summed E-state index contributed by atoms with van der Waals surface area (Å²) in [5.41, 5.74) is 2.03. The zero-order valence-corrected chi connectivity index (χ0v) is 21.6. The average Bonchev–Trinajstić information content (AvgIpc) is 3.16. The molecule has 1 amide bonds. The third-order valence-corrected chi connectivity index (χ3v) is 10.3. The van der Waals surface area contributed by atoms with Crippen LogP contribution in [0.15, 0.2) is 23.2 Å². The molecule has 4 rings (SSSR count). The number of aromatic carboxylic acids is 1. The van der Waals surface area contributed by atoms with E-state index in [9.17, 15) is 14.7 Å². The molecule has 1 atom stereocenters. The summed E-state index contributed by atoms with van der Waals surface area (Å²) in [6, 6.07) is 5.42. The second-order valence-corrected chi connectivity index (χ2v) is 12.3. The number of carboxylic acids is 1. The molecule has 3 aliphatic rings. The molecule has 1 aliphatic carbocycles. The van der Waals surface area contributed by atoms with Crippen LogP contribution in [0.4, 0.5) is 0 Å². The van der Waals surface area contributed by atoms with Gasteiger partial charge in [0.1, 0.15) is 11.4 Å². The number of hydrogen-bond acceptors (Lipinski definition) is 4. The summed E-state index contributed by atoms with van der Waals surface area (Å²) in [5.74, 6) is 2.49. The predicted molar refractivity (Wildman–Crippen MR) is 141 cm³/mol. The van der Waals surface area contributed by atoms with Gasteiger partial charge in [-0.1, -0.05) is 24.8 Å². The molecule has 1 aromatic rings. The number of carbonyl (C=O) groups is 2. The number of aliphatic imine (C=N–C) groups is 1. The molecule has 1 saturated heterocycles. The molecule has 2 fully saturated rings. The second-order valence-electron chi connectivity index (χ2n) is 10.1. The first-order valence-corrected chi connectivity index (χ1v) is 14.2. The van der Waals surface area contributed by atoms with E-state index in [1.54, 1.807) is 12.1 Å². The normalized spacial score (nSPS) is 25.9. The Morgan fingerprint density at radius 3 is 2.56 bits per heavy atom. The number of amidine groups is 1. The third-order valence-electron chi connectivity index (χ3n) is 8.13. The van der Waals surface area contributed by atoms with Gasteiger partial charge in [0, 0.05) is 24.8 Å². The van der Waals surface area contributed by atoms with Crippen molar-refractivity contribution in [3.05, 3.63) is 34.9 Å². The average molecular weight is 486 g/mol. The van der Waals surface area contributed by atoms with Gasteiger partial charge in [-0.2, -0.15) is 0 Å². The van der Waals surface area contributed by atoms with Crippen LogP contribution >= 0.6 is 10.7 Å². The topological polar surface area (TPSA) is 82.0 Å². The van der Waals surface area contributed by atoms with Gasteiger partial charge in [0.2, 0.25) is 0 Å². The SMILES string of the molecule is C/C=S(/CCc1ccc(C(=O)O)cc1C)N1CCC2(CC1)N=C(C1CCC(CC)CC1)NC2=O. The maximum Gasteiger partial charge on any atom is 0.335 e. The Labute approximate surface area is 206 Å². The first kappa shape index (κ1) is 25.1. The van der Waals surface area contributed by atoms with Crippen molar-refractivity contribution < 1.29 is 14.7 Å². The Hall–Kier alpha value is -1.99. The molecule has 0 aromatic heterocycles. The molecule has 0 bridgehead atoms. The highest BCUT2D eigenvalue weighted by Crippen LogP contribution is 2.38. The number of rotatable bonds is 7. The Bertz CT molecular complexity index is 987. The number of carbonyl (C=O) groups excluding carboxylic acids is 1. The van der Waals surface area contributed by atoms with Crippen molar-refractivity contribution in [1.82, 2.24) is 9.62 Å². The third kappa shape index (κ3) is 5.30. The van der Waals surface area contributed by atoms with Crippen molar-refractivity contribution in [3.8, 4) is 0 Å². The summed E-state index contributed by atoms with van der Waals surface area (Å²) in [6.07, 6.45) is 8.57. The monoisotopic (exact) mass is 485 g/mol. The summed E-state index contributed by atoms with van der Waals surface area (Å²) in [6.45, 7) is 8.16. The number of nitrogens with zero attached hydrogens (tertiary/aromatic N) is 2. The molecular formula is C27H39N3O3S. The van der Waals surface area contributed by atoms with Crippen LogP contribution in [0.3, 0.4) is 0 Å². The molecule has 1 aromatic carbocycles. The van der Waals surface area contributed by atoms with E-state index < -0.39 is 11.5 Å². The van der Waals surface area contributed by atoms with Crippen LogP contribution in [0.2, 0.25) is 0 Å². The maximum absolute atomic E-state index is 13.0. The molecule has 1 unspecified atom stereocenters. The zero-order valence-electron chi connectivity index (χ0n) is 20.8. The second kappa shape index (κ2) is 10.7. The standard InChI is InChI=1S/C27H39N3O3S/c1-4-20-6-8-22(9-7-20)24-28-26(33)27(29-24)13-15-30(16-14-27)34(5-2)17-12-21-10-11-23(25(31)32)18-19(21)3/h5,10-11,18,20,22H,4,6-9,12-17H2,1-3H3,(H,31,32)(H,28,29,33). The van der Waals surface area contributed by atoms with E-state index in [0.29, 0.717) is 11.5 Å². The molecule has 2 aliphatic heterocycles. The van der Waals surface area contributed by atoms with Crippen LogP contribution in [0.1, 0.15) is 80.3 Å². The lowest BCUT2D eigenvalue weighted by Crippen LogP contribution is -2.48. The Balaban J connectivity index is 1.34. The van der Waals surface area contributed by atoms with E-state index >= 15 is 0 Å². The van der Waals surface area contributed by atoms with Crippen LogP contribution in [-0.2, 0) is 11.2 Å². The zero-order chi connectivity index (χ0) is 24.3. The summed E-state index contributed by atoms with van der Waals surface area (Å²) in [7, 11) is 0.0248. The summed E-state index contributed by atoms with van der Waals surface area (Å²) >= 11 is 0. The quantitative estimate of drug-likeness (QED) is 0.543. The van der Waals surface area contributed by atoms with Crippen molar-refractivity contribution in [2.24, 2.45) is 16.8 Å². The van der Waals surface area contributed by atoms with E-state index in [1.807, 2.05) is 13.0 Å². The van der Waals surface area contributed by atoms with Gasteiger partial charge in [-0.15, -0.1) is 10.7 Å². The van der Waals surface area contributed by atoms with Gasteiger partial charge in [-0.3, -0.25) is 14.1 Å². The Kier molecular flexibility index (Phi) is 7.93. The fourth-order valence-corrected chi connectivity index (χ4v) is 7.60. The van der Waals surface area contributed by atoms with E-state index in [4.69, 9.17) is 4.99 Å². The Morgan fingerprint density at radius 2 is 1.97 bits per heavy atom. The maximum atomic E-state index is 13.0. The van der Waals surface area contributed by atoms with E-state index in [-0.39, 0.29) is 16.6 Å². The molecule has 34 heavy (non-hydrogen) atoms. The van der Waals surface area contributed by atoms with Gasteiger partial charge in [0.05, 0.1) is 5.56 Å². The number of benzene rings is 1. The largest absolute Gasteiger partial charge is 0.478 e. The van der Waals surface area contributed by atoms with Crippen LogP contribution in [0.25, 0.3) is 0 Å². The van der Waals surface area contributed by atoms with Crippen molar-refractivity contribution in [3.63, 3.8) is 0 Å². The number of carboxylic acid groups (broad SMARTS) is 1. The lowest BCUT2D eigenvalue weighted by Gasteiger charge is -2.37. The van der Waals surface area contributed by atoms with Gasteiger partial charge in [-0.05, 0) is 88.0 Å². The Morgan fingerprint density at radius 1 is 1.26 bits per heavy atom. The molecule has 1 saturated carbocycles. The van der Waals surface area contributed by atoms with Crippen LogP contribution in [0, 0.1) is 18.8 Å². The molecule has 1 spiro atoms. The smallest absolute Gasteiger partial charge is 0.335 e. The van der Waals surface area contributed by atoms with E-state index in [2.05, 4.69) is 28.8 Å². The lowest BCUT2D eigenvalue weighted by molar-refractivity contribution is -0.124. The molecule has 2 N–H and O–H groups in total. The van der Waals surface area contributed by atoms with E-state index in [0.717, 1.165) is 68.3 Å². The van der Waals surface area contributed by atoms with Gasteiger partial charge in [0.15, 0.2) is 0 Å². The minimum absolute atomic E-state index is 0.0248. The van der Waals surface area contributed by atoms with Gasteiger partial charge < -0.3 is 10.4 Å². The summed E-state index contributed by atoms with van der Waals surface area (Å²) < 4.78 is 2.51. The van der Waals surface area contributed by atoms with Gasteiger partial charge in [0.25, 0.3) is 5.91 Å². The molecule has 6 nitrogen and oxygen atoms in total. The first-order valence-electron chi connectivity index (χ1n) is 12.8. The van der Waals surface area contributed by atoms with Gasteiger partial charge in [-0.25, -0.2) is 4.79 Å². The summed E-state index contributed by atoms with van der Waals surface area (Å²) in [5, 5.41) is 14.7. The fourth-order valence-electron chi connectivity index (χ4n) is 5.73. The van der Waals surface area contributed by atoms with E-state index in [1.165, 1.54) is 24.8 Å². The minimum atomic E-state index is -0.881. The van der Waals surface area contributed by atoms with Crippen LogP contribution in [-0.4, -0.2) is 56.9 Å². The molecule has 0 radical (unpaired) electrons. The molecule has 186 valence electrons. The number of amides is 1. The highest BCUT2D eigenvalue weighted by atomic mass is 32.2. The predicted octanol–water partition coefficient (Wildman–Crippen LogP) is 4.82. The van der Waals surface area contributed by atoms with Gasteiger partial charge >= 0.3 is 5.97 Å². The highest BCUT2D eigenvalue weighted by Gasteiger charge is 2.47. The fraction of sp³-hybridized carbons (Fsp3) is 0.630. The number of nitrogens with one attached hydrogen (secondary N) is 1. The van der Waals surface area contributed by atoms with Crippen molar-refractivity contribution in [1.29, 1.82) is 0 Å². The number of piperidine rings is 1. The summed E-state index contributed by atoms with van der Waals surface area (Å²) in [4.78, 5) is 29.3. The lowest BCUT2D eigenvalue weighted by atomic mass is 9.80.